The molecule has 0 aliphatic heterocycles. The van der Waals surface area contributed by atoms with Crippen molar-refractivity contribution in [3.63, 3.8) is 0 Å². The number of para-hydroxylation sites is 2. The molecule has 1 amide bonds. The first-order valence-corrected chi connectivity index (χ1v) is 10.0. The molecule has 0 aliphatic carbocycles. The zero-order valence-corrected chi connectivity index (χ0v) is 16.9. The third kappa shape index (κ3) is 4.91. The first-order chi connectivity index (χ1) is 13.6. The molecule has 0 atom stereocenters. The number of rotatable bonds is 9. The summed E-state index contributed by atoms with van der Waals surface area (Å²) in [5, 5.41) is 2.93. The number of hydrogen-bond acceptors (Lipinski definition) is 3. The number of nitrogens with zero attached hydrogens (tertiary/aromatic N) is 2. The Labute approximate surface area is 166 Å². The number of carbonyl (C=O) groups is 1. The van der Waals surface area contributed by atoms with Crippen LogP contribution >= 0.6 is 0 Å². The SMILES string of the molecule is CCC(=O)NCCc1nc2ccccc2n1CCOc1ccc(C(C)C)cc1. The molecule has 148 valence electrons. The van der Waals surface area contributed by atoms with Crippen molar-refractivity contribution in [1.82, 2.24) is 14.9 Å². The van der Waals surface area contributed by atoms with Crippen LogP contribution in [-0.4, -0.2) is 28.6 Å². The number of nitrogens with one attached hydrogen (secondary N) is 1. The topological polar surface area (TPSA) is 56.2 Å². The lowest BCUT2D eigenvalue weighted by molar-refractivity contribution is -0.120. The molecule has 1 heterocycles. The Bertz CT molecular complexity index is 913. The molecule has 1 aromatic heterocycles. The summed E-state index contributed by atoms with van der Waals surface area (Å²) in [6, 6.07) is 16.4. The summed E-state index contributed by atoms with van der Waals surface area (Å²) in [6.07, 6.45) is 1.20. The predicted octanol–water partition coefficient (Wildman–Crippen LogP) is 4.31. The molecule has 5 nitrogen and oxygen atoms in total. The van der Waals surface area contributed by atoms with Gasteiger partial charge in [0.05, 0.1) is 17.6 Å². The maximum absolute atomic E-state index is 11.5. The summed E-state index contributed by atoms with van der Waals surface area (Å²) in [5.41, 5.74) is 3.38. The third-order valence-electron chi connectivity index (χ3n) is 4.86. The molecule has 3 rings (SSSR count). The van der Waals surface area contributed by atoms with Crippen LogP contribution in [0.2, 0.25) is 0 Å². The monoisotopic (exact) mass is 379 g/mol. The van der Waals surface area contributed by atoms with E-state index >= 15 is 0 Å². The average molecular weight is 380 g/mol. The van der Waals surface area contributed by atoms with E-state index in [4.69, 9.17) is 9.72 Å². The molecule has 3 aromatic rings. The lowest BCUT2D eigenvalue weighted by atomic mass is 10.0. The van der Waals surface area contributed by atoms with Crippen molar-refractivity contribution in [2.24, 2.45) is 0 Å². The van der Waals surface area contributed by atoms with E-state index in [0.29, 0.717) is 38.5 Å². The minimum atomic E-state index is 0.0656. The second-order valence-corrected chi connectivity index (χ2v) is 7.19. The van der Waals surface area contributed by atoms with Gasteiger partial charge in [0.25, 0.3) is 0 Å². The quantitative estimate of drug-likeness (QED) is 0.603. The van der Waals surface area contributed by atoms with E-state index in [1.54, 1.807) is 0 Å². The number of benzene rings is 2. The van der Waals surface area contributed by atoms with E-state index in [-0.39, 0.29) is 5.91 Å². The third-order valence-corrected chi connectivity index (χ3v) is 4.86. The summed E-state index contributed by atoms with van der Waals surface area (Å²) >= 11 is 0. The van der Waals surface area contributed by atoms with E-state index in [1.807, 2.05) is 37.3 Å². The number of amides is 1. The van der Waals surface area contributed by atoms with Crippen molar-refractivity contribution in [3.8, 4) is 5.75 Å². The molecule has 0 bridgehead atoms. The fraction of sp³-hybridized carbons (Fsp3) is 0.391. The van der Waals surface area contributed by atoms with E-state index in [2.05, 4.69) is 41.9 Å². The van der Waals surface area contributed by atoms with Crippen molar-refractivity contribution >= 4 is 16.9 Å². The molecule has 0 aliphatic rings. The van der Waals surface area contributed by atoms with Crippen molar-refractivity contribution in [1.29, 1.82) is 0 Å². The first-order valence-electron chi connectivity index (χ1n) is 10.0. The number of carbonyl (C=O) groups excluding carboxylic acids is 1. The summed E-state index contributed by atoms with van der Waals surface area (Å²) < 4.78 is 8.15. The first kappa shape index (κ1) is 19.9. The fourth-order valence-electron chi connectivity index (χ4n) is 3.21. The van der Waals surface area contributed by atoms with Crippen LogP contribution in [0.15, 0.2) is 48.5 Å². The number of fused-ring (bicyclic) bond motifs is 1. The molecule has 0 spiro atoms. The molecular weight excluding hydrogens is 350 g/mol. The molecule has 1 N–H and O–H groups in total. The molecule has 5 heteroatoms. The van der Waals surface area contributed by atoms with Gasteiger partial charge in [0.15, 0.2) is 0 Å². The van der Waals surface area contributed by atoms with Crippen LogP contribution < -0.4 is 10.1 Å². The second-order valence-electron chi connectivity index (χ2n) is 7.19. The lowest BCUT2D eigenvalue weighted by Crippen LogP contribution is -2.25. The van der Waals surface area contributed by atoms with E-state index in [1.165, 1.54) is 5.56 Å². The smallest absolute Gasteiger partial charge is 0.219 e. The Morgan fingerprint density at radius 3 is 2.61 bits per heavy atom. The number of ether oxygens (including phenoxy) is 1. The number of hydrogen-bond donors (Lipinski definition) is 1. The van der Waals surface area contributed by atoms with Crippen LogP contribution in [-0.2, 0) is 17.8 Å². The highest BCUT2D eigenvalue weighted by Gasteiger charge is 2.11. The second kappa shape index (κ2) is 9.40. The molecule has 0 radical (unpaired) electrons. The molecule has 28 heavy (non-hydrogen) atoms. The lowest BCUT2D eigenvalue weighted by Gasteiger charge is -2.12. The van der Waals surface area contributed by atoms with Gasteiger partial charge in [-0.25, -0.2) is 4.98 Å². The predicted molar refractivity (Wildman–Crippen MR) is 113 cm³/mol. The molecule has 0 saturated heterocycles. The Balaban J connectivity index is 1.66. The Morgan fingerprint density at radius 2 is 1.89 bits per heavy atom. The Morgan fingerprint density at radius 1 is 1.14 bits per heavy atom. The Kier molecular flexibility index (Phi) is 6.69. The normalized spacial score (nSPS) is 11.1. The van der Waals surface area contributed by atoms with Crippen molar-refractivity contribution in [2.45, 2.75) is 46.1 Å². The van der Waals surface area contributed by atoms with Gasteiger partial charge in [0.2, 0.25) is 5.91 Å². The minimum Gasteiger partial charge on any atom is -0.492 e. The van der Waals surface area contributed by atoms with Gasteiger partial charge < -0.3 is 14.6 Å². The summed E-state index contributed by atoms with van der Waals surface area (Å²) in [6.45, 7) is 8.09. The molecule has 0 saturated carbocycles. The van der Waals surface area contributed by atoms with Crippen molar-refractivity contribution in [2.75, 3.05) is 13.2 Å². The maximum Gasteiger partial charge on any atom is 0.219 e. The molecule has 0 fully saturated rings. The van der Waals surface area contributed by atoms with Crippen LogP contribution in [0.3, 0.4) is 0 Å². The number of imidazole rings is 1. The van der Waals surface area contributed by atoms with Crippen LogP contribution in [0.5, 0.6) is 5.75 Å². The van der Waals surface area contributed by atoms with E-state index in [9.17, 15) is 4.79 Å². The van der Waals surface area contributed by atoms with E-state index in [0.717, 1.165) is 22.6 Å². The minimum absolute atomic E-state index is 0.0656. The van der Waals surface area contributed by atoms with Gasteiger partial charge >= 0.3 is 0 Å². The van der Waals surface area contributed by atoms with Gasteiger partial charge in [-0.05, 0) is 35.7 Å². The van der Waals surface area contributed by atoms with Crippen LogP contribution in [0.1, 0.15) is 44.5 Å². The van der Waals surface area contributed by atoms with Crippen LogP contribution in [0, 0.1) is 0 Å². The highest BCUT2D eigenvalue weighted by molar-refractivity contribution is 5.76. The summed E-state index contributed by atoms with van der Waals surface area (Å²) in [5.74, 6) is 2.43. The fourth-order valence-corrected chi connectivity index (χ4v) is 3.21. The zero-order chi connectivity index (χ0) is 19.9. The van der Waals surface area contributed by atoms with Gasteiger partial charge in [-0.3, -0.25) is 4.79 Å². The summed E-state index contributed by atoms with van der Waals surface area (Å²) in [7, 11) is 0. The van der Waals surface area contributed by atoms with Gasteiger partial charge in [0.1, 0.15) is 18.2 Å². The van der Waals surface area contributed by atoms with Crippen LogP contribution in [0.4, 0.5) is 0 Å². The molecule has 2 aromatic carbocycles. The van der Waals surface area contributed by atoms with Gasteiger partial charge in [-0.15, -0.1) is 0 Å². The highest BCUT2D eigenvalue weighted by Crippen LogP contribution is 2.20. The highest BCUT2D eigenvalue weighted by atomic mass is 16.5. The summed E-state index contributed by atoms with van der Waals surface area (Å²) in [4.78, 5) is 16.2. The van der Waals surface area contributed by atoms with Gasteiger partial charge in [-0.2, -0.15) is 0 Å². The Hall–Kier alpha value is -2.82. The average Bonchev–Trinajstić information content (AvgIpc) is 3.06. The standard InChI is InChI=1S/C23H29N3O2/c1-4-23(27)24-14-13-22-25-20-7-5-6-8-21(20)26(22)15-16-28-19-11-9-18(10-12-19)17(2)3/h5-12,17H,4,13-16H2,1-3H3,(H,24,27). The zero-order valence-electron chi connectivity index (χ0n) is 16.9. The van der Waals surface area contributed by atoms with E-state index < -0.39 is 0 Å². The van der Waals surface area contributed by atoms with Gasteiger partial charge in [-0.1, -0.05) is 45.0 Å². The van der Waals surface area contributed by atoms with Gasteiger partial charge in [0, 0.05) is 19.4 Å². The van der Waals surface area contributed by atoms with Crippen molar-refractivity contribution in [3.05, 3.63) is 59.9 Å². The number of aromatic nitrogens is 2. The maximum atomic E-state index is 11.5. The largest absolute Gasteiger partial charge is 0.492 e. The molecule has 0 unspecified atom stereocenters. The van der Waals surface area contributed by atoms with Crippen LogP contribution in [0.25, 0.3) is 11.0 Å². The molecular formula is C23H29N3O2. The van der Waals surface area contributed by atoms with Crippen molar-refractivity contribution < 1.29 is 9.53 Å².